The highest BCUT2D eigenvalue weighted by molar-refractivity contribution is 7.16. The van der Waals surface area contributed by atoms with Crippen LogP contribution in [-0.2, 0) is 6.54 Å². The lowest BCUT2D eigenvalue weighted by Gasteiger charge is -2.22. The van der Waals surface area contributed by atoms with E-state index in [2.05, 4.69) is 20.4 Å². The van der Waals surface area contributed by atoms with Gasteiger partial charge in [0.1, 0.15) is 5.01 Å². The Kier molecular flexibility index (Phi) is 2.31. The number of nitrogens with zero attached hydrogens (tertiary/aromatic N) is 6. The lowest BCUT2D eigenvalue weighted by Crippen LogP contribution is -2.13. The summed E-state index contributed by atoms with van der Waals surface area (Å²) < 4.78 is 3.67. The van der Waals surface area contributed by atoms with Crippen LogP contribution < -0.4 is 5.73 Å². The van der Waals surface area contributed by atoms with Gasteiger partial charge in [0.2, 0.25) is 4.96 Å². The van der Waals surface area contributed by atoms with Crippen molar-refractivity contribution < 1.29 is 0 Å². The third kappa shape index (κ3) is 1.79. The molecular weight excluding hydrogens is 262 g/mol. The molecule has 2 N–H and O–H groups in total. The van der Waals surface area contributed by atoms with Crippen LogP contribution in [0.15, 0.2) is 12.4 Å². The first-order chi connectivity index (χ1) is 9.29. The van der Waals surface area contributed by atoms with Crippen LogP contribution in [0.4, 0.5) is 5.69 Å². The quantitative estimate of drug-likeness (QED) is 0.778. The second-order valence-electron chi connectivity index (χ2n) is 4.85. The van der Waals surface area contributed by atoms with Gasteiger partial charge in [0.05, 0.1) is 18.4 Å². The largest absolute Gasteiger partial charge is 0.396 e. The Morgan fingerprint density at radius 2 is 2.26 bits per heavy atom. The standard InChI is InChI=1S/C11H13N7S/c12-8-4-13-17(5-8)6-9-16-18-10(7-2-1-3-7)14-15-11(18)19-9/h4-5,7H,1-3,6,12H2. The van der Waals surface area contributed by atoms with Crippen LogP contribution in [0.5, 0.6) is 0 Å². The molecule has 0 unspecified atom stereocenters. The fourth-order valence-electron chi connectivity index (χ4n) is 2.26. The minimum absolute atomic E-state index is 0.533. The molecule has 0 amide bonds. The van der Waals surface area contributed by atoms with Gasteiger partial charge in [-0.25, -0.2) is 0 Å². The lowest BCUT2D eigenvalue weighted by molar-refractivity contribution is 0.394. The maximum atomic E-state index is 5.65. The summed E-state index contributed by atoms with van der Waals surface area (Å²) in [4.78, 5) is 0.858. The first kappa shape index (κ1) is 10.9. The summed E-state index contributed by atoms with van der Waals surface area (Å²) in [7, 11) is 0. The van der Waals surface area contributed by atoms with Crippen LogP contribution in [0, 0.1) is 0 Å². The highest BCUT2D eigenvalue weighted by Crippen LogP contribution is 2.35. The molecule has 1 aliphatic rings. The number of aromatic nitrogens is 6. The third-order valence-corrected chi connectivity index (χ3v) is 4.36. The van der Waals surface area contributed by atoms with Gasteiger partial charge in [-0.2, -0.15) is 14.7 Å². The monoisotopic (exact) mass is 275 g/mol. The van der Waals surface area contributed by atoms with Gasteiger partial charge in [-0.1, -0.05) is 17.8 Å². The number of fused-ring (bicyclic) bond motifs is 1. The Morgan fingerprint density at radius 3 is 2.95 bits per heavy atom. The molecule has 3 aromatic heterocycles. The van der Waals surface area contributed by atoms with Crippen molar-refractivity contribution in [3.63, 3.8) is 0 Å². The molecule has 0 aliphatic heterocycles. The van der Waals surface area contributed by atoms with Crippen molar-refractivity contribution in [1.29, 1.82) is 0 Å². The summed E-state index contributed by atoms with van der Waals surface area (Å²) in [6.07, 6.45) is 7.12. The Bertz CT molecular complexity index is 720. The zero-order chi connectivity index (χ0) is 12.8. The van der Waals surface area contributed by atoms with E-state index < -0.39 is 0 Å². The number of hydrogen-bond donors (Lipinski definition) is 1. The number of nitrogen functional groups attached to an aromatic ring is 1. The van der Waals surface area contributed by atoms with E-state index in [0.717, 1.165) is 15.8 Å². The normalized spacial score (nSPS) is 16.0. The van der Waals surface area contributed by atoms with Gasteiger partial charge in [-0.15, -0.1) is 10.2 Å². The van der Waals surface area contributed by atoms with Crippen molar-refractivity contribution in [2.24, 2.45) is 0 Å². The Morgan fingerprint density at radius 1 is 1.37 bits per heavy atom. The Hall–Kier alpha value is -1.96. The van der Waals surface area contributed by atoms with Gasteiger partial charge in [0.15, 0.2) is 5.82 Å². The molecule has 7 nitrogen and oxygen atoms in total. The second kappa shape index (κ2) is 4.02. The zero-order valence-corrected chi connectivity index (χ0v) is 11.0. The van der Waals surface area contributed by atoms with E-state index in [1.807, 2.05) is 4.52 Å². The molecule has 4 rings (SSSR count). The number of rotatable bonds is 3. The van der Waals surface area contributed by atoms with E-state index in [4.69, 9.17) is 5.73 Å². The molecule has 0 bridgehead atoms. The predicted molar refractivity (Wildman–Crippen MR) is 71.0 cm³/mol. The molecule has 0 saturated heterocycles. The van der Waals surface area contributed by atoms with Crippen LogP contribution in [0.3, 0.4) is 0 Å². The molecule has 19 heavy (non-hydrogen) atoms. The van der Waals surface area contributed by atoms with E-state index in [0.29, 0.717) is 18.2 Å². The summed E-state index contributed by atoms with van der Waals surface area (Å²) in [5.41, 5.74) is 6.31. The minimum Gasteiger partial charge on any atom is -0.396 e. The third-order valence-electron chi connectivity index (χ3n) is 3.48. The number of nitrogens with two attached hydrogens (primary N) is 1. The smallest absolute Gasteiger partial charge is 0.234 e. The fraction of sp³-hybridized carbons (Fsp3) is 0.455. The van der Waals surface area contributed by atoms with Crippen molar-refractivity contribution in [2.75, 3.05) is 5.73 Å². The molecule has 0 radical (unpaired) electrons. The van der Waals surface area contributed by atoms with Crippen molar-refractivity contribution in [1.82, 2.24) is 29.6 Å². The summed E-state index contributed by atoms with van der Waals surface area (Å²) in [6.45, 7) is 0.620. The van der Waals surface area contributed by atoms with E-state index in [1.165, 1.54) is 19.3 Å². The molecule has 0 atom stereocenters. The molecule has 98 valence electrons. The predicted octanol–water partition coefficient (Wildman–Crippen LogP) is 1.28. The number of hydrogen-bond acceptors (Lipinski definition) is 6. The molecule has 1 aliphatic carbocycles. The molecule has 8 heteroatoms. The highest BCUT2D eigenvalue weighted by Gasteiger charge is 2.26. The molecule has 0 spiro atoms. The van der Waals surface area contributed by atoms with E-state index in [9.17, 15) is 0 Å². The zero-order valence-electron chi connectivity index (χ0n) is 10.2. The van der Waals surface area contributed by atoms with Crippen LogP contribution in [-0.4, -0.2) is 29.6 Å². The van der Waals surface area contributed by atoms with Gasteiger partial charge >= 0.3 is 0 Å². The van der Waals surface area contributed by atoms with Gasteiger partial charge in [-0.05, 0) is 12.8 Å². The van der Waals surface area contributed by atoms with Gasteiger partial charge in [0, 0.05) is 12.1 Å². The van der Waals surface area contributed by atoms with Crippen molar-refractivity contribution in [3.8, 4) is 0 Å². The first-order valence-electron chi connectivity index (χ1n) is 6.28. The second-order valence-corrected chi connectivity index (χ2v) is 5.89. The van der Waals surface area contributed by atoms with E-state index in [-0.39, 0.29) is 0 Å². The minimum atomic E-state index is 0.533. The van der Waals surface area contributed by atoms with Gasteiger partial charge in [0.25, 0.3) is 0 Å². The summed E-state index contributed by atoms with van der Waals surface area (Å²) in [5, 5.41) is 18.2. The molecule has 0 aromatic carbocycles. The molecular formula is C11H13N7S. The van der Waals surface area contributed by atoms with Gasteiger partial charge in [-0.3, -0.25) is 4.68 Å². The molecule has 1 saturated carbocycles. The van der Waals surface area contributed by atoms with Crippen LogP contribution in [0.2, 0.25) is 0 Å². The van der Waals surface area contributed by atoms with E-state index >= 15 is 0 Å². The average molecular weight is 275 g/mol. The lowest BCUT2D eigenvalue weighted by atomic mass is 9.85. The fourth-order valence-corrected chi connectivity index (χ4v) is 3.09. The van der Waals surface area contributed by atoms with Crippen molar-refractivity contribution in [2.45, 2.75) is 31.7 Å². The topological polar surface area (TPSA) is 86.9 Å². The van der Waals surface area contributed by atoms with Crippen molar-refractivity contribution in [3.05, 3.63) is 23.2 Å². The van der Waals surface area contributed by atoms with Crippen LogP contribution in [0.25, 0.3) is 4.96 Å². The van der Waals surface area contributed by atoms with Gasteiger partial charge < -0.3 is 5.73 Å². The maximum Gasteiger partial charge on any atom is 0.234 e. The summed E-state index contributed by atoms with van der Waals surface area (Å²) in [6, 6.07) is 0. The molecule has 3 heterocycles. The Labute approximate surface area is 113 Å². The van der Waals surface area contributed by atoms with Crippen LogP contribution in [0.1, 0.15) is 36.0 Å². The molecule has 1 fully saturated rings. The average Bonchev–Trinajstić information content (AvgIpc) is 2.96. The number of anilines is 1. The Balaban J connectivity index is 1.66. The maximum absolute atomic E-state index is 5.65. The summed E-state index contributed by atoms with van der Waals surface area (Å²) in [5.74, 6) is 1.54. The van der Waals surface area contributed by atoms with Crippen molar-refractivity contribution >= 4 is 22.0 Å². The summed E-state index contributed by atoms with van der Waals surface area (Å²) >= 11 is 1.55. The highest BCUT2D eigenvalue weighted by atomic mass is 32.1. The molecule has 3 aromatic rings. The SMILES string of the molecule is Nc1cnn(Cc2nn3c(C4CCC4)nnc3s2)c1. The first-order valence-corrected chi connectivity index (χ1v) is 7.10. The van der Waals surface area contributed by atoms with Crippen LogP contribution >= 0.6 is 11.3 Å². The van der Waals surface area contributed by atoms with E-state index in [1.54, 1.807) is 28.4 Å².